The highest BCUT2D eigenvalue weighted by molar-refractivity contribution is 8.27. The molecule has 0 saturated carbocycles. The van der Waals surface area contributed by atoms with Crippen LogP contribution < -0.4 is 5.32 Å². The van der Waals surface area contributed by atoms with Crippen LogP contribution in [0.25, 0.3) is 0 Å². The Morgan fingerprint density at radius 1 is 0.875 bits per heavy atom. The van der Waals surface area contributed by atoms with Crippen LogP contribution in [-0.2, 0) is 5.54 Å². The van der Waals surface area contributed by atoms with Gasteiger partial charge in [0.2, 0.25) is 0 Å². The van der Waals surface area contributed by atoms with Crippen molar-refractivity contribution in [1.82, 2.24) is 5.32 Å². The fourth-order valence-corrected chi connectivity index (χ4v) is 4.09. The molecule has 1 aliphatic rings. The van der Waals surface area contributed by atoms with Crippen LogP contribution in [0.4, 0.5) is 0 Å². The Balaban J connectivity index is 2.29. The van der Waals surface area contributed by atoms with Gasteiger partial charge in [0.15, 0.2) is 5.17 Å². The highest BCUT2D eigenvalue weighted by atomic mass is 32.2. The van der Waals surface area contributed by atoms with Crippen molar-refractivity contribution in [2.45, 2.75) is 31.8 Å². The number of nitrogens with zero attached hydrogens (tertiary/aromatic N) is 2. The Kier molecular flexibility index (Phi) is 4.50. The molecule has 1 heterocycles. The van der Waals surface area contributed by atoms with E-state index in [2.05, 4.69) is 79.6 Å². The summed E-state index contributed by atoms with van der Waals surface area (Å²) in [5.74, 6) is 0. The molecule has 0 atom stereocenters. The van der Waals surface area contributed by atoms with Gasteiger partial charge in [-0.15, -0.1) is 0 Å². The van der Waals surface area contributed by atoms with Gasteiger partial charge in [-0.2, -0.15) is 0 Å². The first kappa shape index (κ1) is 16.8. The van der Waals surface area contributed by atoms with E-state index in [9.17, 15) is 0 Å². The summed E-state index contributed by atoms with van der Waals surface area (Å²) in [6, 6.07) is 21.0. The van der Waals surface area contributed by atoms with E-state index in [0.717, 1.165) is 10.2 Å². The second-order valence-corrected chi connectivity index (χ2v) is 7.80. The normalized spacial score (nSPS) is 20.3. The average Bonchev–Trinajstić information content (AvgIpc) is 2.94. The fraction of sp³-hybridized carbons (Fsp3) is 0.300. The minimum atomic E-state index is -0.491. The van der Waals surface area contributed by atoms with Crippen LogP contribution in [0.3, 0.4) is 0 Å². The van der Waals surface area contributed by atoms with E-state index >= 15 is 0 Å². The van der Waals surface area contributed by atoms with Crippen LogP contribution in [0.1, 0.15) is 31.9 Å². The van der Waals surface area contributed by atoms with Gasteiger partial charge in [0, 0.05) is 7.05 Å². The lowest BCUT2D eigenvalue weighted by molar-refractivity contribution is 0.568. The molecule has 124 valence electrons. The zero-order valence-corrected chi connectivity index (χ0v) is 15.4. The van der Waals surface area contributed by atoms with Gasteiger partial charge in [-0.25, -0.2) is 0 Å². The minimum Gasteiger partial charge on any atom is -0.345 e. The first-order chi connectivity index (χ1) is 11.5. The molecule has 0 radical (unpaired) electrons. The van der Waals surface area contributed by atoms with E-state index < -0.39 is 5.54 Å². The van der Waals surface area contributed by atoms with Crippen LogP contribution >= 0.6 is 11.8 Å². The van der Waals surface area contributed by atoms with E-state index in [-0.39, 0.29) is 5.54 Å². The number of nitrogens with one attached hydrogen (secondary N) is 1. The Labute approximate surface area is 148 Å². The van der Waals surface area contributed by atoms with Crippen molar-refractivity contribution in [2.24, 2.45) is 9.98 Å². The second-order valence-electron chi connectivity index (χ2n) is 6.83. The van der Waals surface area contributed by atoms with Crippen LogP contribution in [0.2, 0.25) is 0 Å². The predicted molar refractivity (Wildman–Crippen MR) is 105 cm³/mol. The molecule has 3 nitrogen and oxygen atoms in total. The van der Waals surface area contributed by atoms with Crippen molar-refractivity contribution in [1.29, 1.82) is 0 Å². The van der Waals surface area contributed by atoms with E-state index in [0.29, 0.717) is 0 Å². The maximum absolute atomic E-state index is 5.05. The second kappa shape index (κ2) is 6.44. The van der Waals surface area contributed by atoms with E-state index in [1.54, 1.807) is 11.8 Å². The summed E-state index contributed by atoms with van der Waals surface area (Å²) >= 11 is 1.62. The standard InChI is InChI=1S/C20H23N3S/c1-19(2,3)22-17-20(23-18(21-4)24-17,15-11-7-5-8-12-15)16-13-9-6-10-14-16/h5-14H,1-4H3,(H,21,23). The molecule has 0 unspecified atom stereocenters. The number of amidine groups is 1. The van der Waals surface area contributed by atoms with Gasteiger partial charge in [0.05, 0.1) is 5.54 Å². The van der Waals surface area contributed by atoms with Gasteiger partial charge < -0.3 is 5.32 Å². The quantitative estimate of drug-likeness (QED) is 0.879. The SMILES string of the molecule is CN=C1NC(c2ccccc2)(c2ccccc2)C(=NC(C)(C)C)S1. The molecule has 0 spiro atoms. The Hall–Kier alpha value is -2.07. The molecule has 0 bridgehead atoms. The summed E-state index contributed by atoms with van der Waals surface area (Å²) in [6.07, 6.45) is 0. The van der Waals surface area contributed by atoms with Crippen molar-refractivity contribution in [2.75, 3.05) is 7.05 Å². The van der Waals surface area contributed by atoms with Crippen molar-refractivity contribution in [3.8, 4) is 0 Å². The van der Waals surface area contributed by atoms with Crippen molar-refractivity contribution in [3.63, 3.8) is 0 Å². The first-order valence-corrected chi connectivity index (χ1v) is 8.91. The number of hydrogen-bond acceptors (Lipinski definition) is 3. The molecule has 3 rings (SSSR count). The van der Waals surface area contributed by atoms with Gasteiger partial charge in [0.1, 0.15) is 10.6 Å². The van der Waals surface area contributed by atoms with Crippen molar-refractivity contribution in [3.05, 3.63) is 71.8 Å². The molecular weight excluding hydrogens is 314 g/mol. The Bertz CT molecular complexity index is 719. The number of benzene rings is 2. The third kappa shape index (κ3) is 3.11. The third-order valence-electron chi connectivity index (χ3n) is 3.86. The number of rotatable bonds is 2. The molecule has 24 heavy (non-hydrogen) atoms. The summed E-state index contributed by atoms with van der Waals surface area (Å²) in [7, 11) is 1.82. The predicted octanol–water partition coefficient (Wildman–Crippen LogP) is 4.45. The summed E-state index contributed by atoms with van der Waals surface area (Å²) in [4.78, 5) is 9.45. The lowest BCUT2D eigenvalue weighted by atomic mass is 9.83. The summed E-state index contributed by atoms with van der Waals surface area (Å²) in [5, 5.41) is 5.57. The first-order valence-electron chi connectivity index (χ1n) is 8.10. The fourth-order valence-electron chi connectivity index (χ4n) is 2.85. The highest BCUT2D eigenvalue weighted by Crippen LogP contribution is 2.41. The number of thioether (sulfide) groups is 1. The van der Waals surface area contributed by atoms with Crippen molar-refractivity contribution >= 4 is 22.0 Å². The lowest BCUT2D eigenvalue weighted by Crippen LogP contribution is -2.45. The largest absolute Gasteiger partial charge is 0.345 e. The van der Waals surface area contributed by atoms with Gasteiger partial charge in [-0.3, -0.25) is 9.98 Å². The smallest absolute Gasteiger partial charge is 0.163 e. The monoisotopic (exact) mass is 337 g/mol. The lowest BCUT2D eigenvalue weighted by Gasteiger charge is -2.32. The molecule has 0 aromatic heterocycles. The molecule has 2 aromatic carbocycles. The molecule has 1 N–H and O–H groups in total. The zero-order chi connectivity index (χ0) is 17.2. The van der Waals surface area contributed by atoms with Gasteiger partial charge in [0.25, 0.3) is 0 Å². The van der Waals surface area contributed by atoms with Gasteiger partial charge in [-0.1, -0.05) is 60.7 Å². The van der Waals surface area contributed by atoms with Crippen LogP contribution in [0.5, 0.6) is 0 Å². The summed E-state index contributed by atoms with van der Waals surface area (Å²) in [6.45, 7) is 6.38. The number of hydrogen-bond donors (Lipinski definition) is 1. The maximum atomic E-state index is 5.05. The molecular formula is C20H23N3S. The molecule has 1 saturated heterocycles. The molecule has 0 amide bonds. The van der Waals surface area contributed by atoms with Crippen molar-refractivity contribution < 1.29 is 0 Å². The summed E-state index contributed by atoms with van der Waals surface area (Å²) in [5.41, 5.74) is 1.69. The Morgan fingerprint density at radius 2 is 1.38 bits per heavy atom. The molecule has 4 heteroatoms. The third-order valence-corrected chi connectivity index (χ3v) is 4.93. The highest BCUT2D eigenvalue weighted by Gasteiger charge is 2.47. The van der Waals surface area contributed by atoms with E-state index in [1.165, 1.54) is 11.1 Å². The van der Waals surface area contributed by atoms with Crippen LogP contribution in [0.15, 0.2) is 70.6 Å². The molecule has 0 aliphatic carbocycles. The minimum absolute atomic E-state index is 0.165. The Morgan fingerprint density at radius 3 is 1.79 bits per heavy atom. The van der Waals surface area contributed by atoms with E-state index in [4.69, 9.17) is 4.99 Å². The molecule has 2 aromatic rings. The summed E-state index contributed by atoms with van der Waals surface area (Å²) < 4.78 is 0. The van der Waals surface area contributed by atoms with Crippen LogP contribution in [0, 0.1) is 0 Å². The topological polar surface area (TPSA) is 36.8 Å². The molecule has 1 aliphatic heterocycles. The van der Waals surface area contributed by atoms with Gasteiger partial charge in [-0.05, 0) is 43.7 Å². The zero-order valence-electron chi connectivity index (χ0n) is 14.6. The molecule has 1 fully saturated rings. The van der Waals surface area contributed by atoms with Crippen LogP contribution in [-0.4, -0.2) is 22.8 Å². The van der Waals surface area contributed by atoms with Gasteiger partial charge >= 0.3 is 0 Å². The average molecular weight is 337 g/mol. The number of aliphatic imine (C=N–C) groups is 2. The maximum Gasteiger partial charge on any atom is 0.163 e. The van der Waals surface area contributed by atoms with E-state index in [1.807, 2.05) is 19.2 Å².